The van der Waals surface area contributed by atoms with Crippen LogP contribution in [0.1, 0.15) is 49.5 Å². The van der Waals surface area contributed by atoms with Crippen LogP contribution < -0.4 is 9.47 Å². The lowest BCUT2D eigenvalue weighted by molar-refractivity contribution is 0.0843. The average molecular weight is 330 g/mol. The number of hydrogen-bond donors (Lipinski definition) is 1. The van der Waals surface area contributed by atoms with E-state index < -0.39 is 6.10 Å². The van der Waals surface area contributed by atoms with Crippen molar-refractivity contribution in [3.8, 4) is 17.2 Å². The Labute approximate surface area is 143 Å². The number of aromatic nitrogens is 2. The zero-order valence-electron chi connectivity index (χ0n) is 14.7. The third-order valence-electron chi connectivity index (χ3n) is 4.95. The highest BCUT2D eigenvalue weighted by Gasteiger charge is 2.26. The van der Waals surface area contributed by atoms with Gasteiger partial charge < -0.3 is 14.6 Å². The molecule has 5 nitrogen and oxygen atoms in total. The van der Waals surface area contributed by atoms with Gasteiger partial charge in [0.25, 0.3) is 0 Å². The molecule has 1 fully saturated rings. The van der Waals surface area contributed by atoms with Gasteiger partial charge in [-0.25, -0.2) is 4.68 Å². The van der Waals surface area contributed by atoms with Crippen molar-refractivity contribution < 1.29 is 14.6 Å². The molecule has 3 rings (SSSR count). The van der Waals surface area contributed by atoms with Crippen LogP contribution in [0.2, 0.25) is 0 Å². The Morgan fingerprint density at radius 1 is 1.08 bits per heavy atom. The van der Waals surface area contributed by atoms with Gasteiger partial charge in [0.05, 0.1) is 31.7 Å². The summed E-state index contributed by atoms with van der Waals surface area (Å²) in [6.07, 6.45) is 7.39. The van der Waals surface area contributed by atoms with Gasteiger partial charge in [-0.1, -0.05) is 19.3 Å². The Hall–Kier alpha value is -2.01. The van der Waals surface area contributed by atoms with Crippen LogP contribution in [0.4, 0.5) is 0 Å². The lowest BCUT2D eigenvalue weighted by Gasteiger charge is -2.26. The predicted octanol–water partition coefficient (Wildman–Crippen LogP) is 3.81. The fourth-order valence-corrected chi connectivity index (χ4v) is 3.52. The monoisotopic (exact) mass is 330 g/mol. The van der Waals surface area contributed by atoms with E-state index in [1.807, 2.05) is 31.3 Å². The largest absolute Gasteiger partial charge is 0.497 e. The number of hydrogen-bond acceptors (Lipinski definition) is 4. The van der Waals surface area contributed by atoms with Crippen molar-refractivity contribution >= 4 is 0 Å². The third kappa shape index (κ3) is 3.41. The van der Waals surface area contributed by atoms with Crippen molar-refractivity contribution in [2.24, 2.45) is 5.92 Å². The lowest BCUT2D eigenvalue weighted by atomic mass is 9.83. The zero-order valence-corrected chi connectivity index (χ0v) is 14.7. The summed E-state index contributed by atoms with van der Waals surface area (Å²) in [5, 5.41) is 15.4. The highest BCUT2D eigenvalue weighted by molar-refractivity contribution is 5.46. The molecule has 1 unspecified atom stereocenters. The molecule has 0 aliphatic heterocycles. The number of methoxy groups -OCH3 is 2. The van der Waals surface area contributed by atoms with Crippen LogP contribution in [0.25, 0.3) is 5.69 Å². The predicted molar refractivity (Wildman–Crippen MR) is 92.9 cm³/mol. The van der Waals surface area contributed by atoms with E-state index >= 15 is 0 Å². The molecule has 1 aliphatic carbocycles. The van der Waals surface area contributed by atoms with E-state index in [9.17, 15) is 5.11 Å². The number of rotatable bonds is 5. The molecular weight excluding hydrogens is 304 g/mol. The lowest BCUT2D eigenvalue weighted by Crippen LogP contribution is -2.16. The Bertz CT molecular complexity index is 668. The van der Waals surface area contributed by atoms with Gasteiger partial charge in [-0.3, -0.25) is 0 Å². The number of benzene rings is 1. The highest BCUT2D eigenvalue weighted by atomic mass is 16.5. The average Bonchev–Trinajstić information content (AvgIpc) is 3.03. The molecule has 1 aromatic heterocycles. The van der Waals surface area contributed by atoms with Crippen molar-refractivity contribution in [3.05, 3.63) is 35.7 Å². The Balaban J connectivity index is 1.90. The maximum Gasteiger partial charge on any atom is 0.124 e. The molecule has 1 atom stereocenters. The SMILES string of the molecule is COc1cc(OC)cc(-n2cc(C(O)C3CCCCC3)c(C)n2)c1. The second kappa shape index (κ2) is 7.26. The molecule has 1 aromatic carbocycles. The van der Waals surface area contributed by atoms with E-state index in [0.29, 0.717) is 17.4 Å². The minimum atomic E-state index is -0.438. The maximum atomic E-state index is 10.8. The molecule has 1 heterocycles. The molecule has 0 spiro atoms. The summed E-state index contributed by atoms with van der Waals surface area (Å²) in [5.74, 6) is 1.77. The van der Waals surface area contributed by atoms with Crippen molar-refractivity contribution in [1.82, 2.24) is 9.78 Å². The molecule has 1 saturated carbocycles. The summed E-state index contributed by atoms with van der Waals surface area (Å²) in [6, 6.07) is 5.65. The van der Waals surface area contributed by atoms with E-state index in [1.54, 1.807) is 18.9 Å². The van der Waals surface area contributed by atoms with Crippen molar-refractivity contribution in [2.45, 2.75) is 45.1 Å². The van der Waals surface area contributed by atoms with Crippen LogP contribution in [0.3, 0.4) is 0 Å². The van der Waals surface area contributed by atoms with Crippen LogP contribution >= 0.6 is 0 Å². The second-order valence-electron chi connectivity index (χ2n) is 6.53. The smallest absolute Gasteiger partial charge is 0.124 e. The van der Waals surface area contributed by atoms with Crippen molar-refractivity contribution in [2.75, 3.05) is 14.2 Å². The topological polar surface area (TPSA) is 56.5 Å². The zero-order chi connectivity index (χ0) is 17.1. The highest BCUT2D eigenvalue weighted by Crippen LogP contribution is 2.36. The van der Waals surface area contributed by atoms with E-state index in [1.165, 1.54) is 19.3 Å². The van der Waals surface area contributed by atoms with Gasteiger partial charge in [0.2, 0.25) is 0 Å². The summed E-state index contributed by atoms with van der Waals surface area (Å²) in [4.78, 5) is 0. The summed E-state index contributed by atoms with van der Waals surface area (Å²) in [6.45, 7) is 1.95. The molecule has 0 bridgehead atoms. The molecule has 5 heteroatoms. The van der Waals surface area contributed by atoms with Gasteiger partial charge >= 0.3 is 0 Å². The van der Waals surface area contributed by atoms with Crippen molar-refractivity contribution in [3.63, 3.8) is 0 Å². The third-order valence-corrected chi connectivity index (χ3v) is 4.95. The van der Waals surface area contributed by atoms with E-state index in [4.69, 9.17) is 9.47 Å². The first-order valence-corrected chi connectivity index (χ1v) is 8.60. The molecule has 0 radical (unpaired) electrons. The van der Waals surface area contributed by atoms with Gasteiger partial charge in [-0.15, -0.1) is 0 Å². The minimum Gasteiger partial charge on any atom is -0.497 e. The first-order valence-electron chi connectivity index (χ1n) is 8.60. The van der Waals surface area contributed by atoms with Crippen LogP contribution in [-0.4, -0.2) is 29.1 Å². The fraction of sp³-hybridized carbons (Fsp3) is 0.526. The maximum absolute atomic E-state index is 10.8. The minimum absolute atomic E-state index is 0.343. The van der Waals surface area contributed by atoms with Crippen LogP contribution in [0, 0.1) is 12.8 Å². The standard InChI is InChI=1S/C19H26N2O3/c1-13-18(19(22)14-7-5-4-6-8-14)12-21(20-13)15-9-16(23-2)11-17(10-15)24-3/h9-12,14,19,22H,4-8H2,1-3H3. The van der Waals surface area contributed by atoms with E-state index in [0.717, 1.165) is 29.8 Å². The molecular formula is C19H26N2O3. The Morgan fingerprint density at radius 3 is 2.29 bits per heavy atom. The normalized spacial score (nSPS) is 16.8. The molecule has 2 aromatic rings. The Kier molecular flexibility index (Phi) is 5.09. The van der Waals surface area contributed by atoms with Crippen molar-refractivity contribution in [1.29, 1.82) is 0 Å². The van der Waals surface area contributed by atoms with E-state index in [2.05, 4.69) is 5.10 Å². The summed E-state index contributed by atoms with van der Waals surface area (Å²) in [5.41, 5.74) is 2.65. The molecule has 1 aliphatic rings. The van der Waals surface area contributed by atoms with Crippen LogP contribution in [0.15, 0.2) is 24.4 Å². The summed E-state index contributed by atoms with van der Waals surface area (Å²) >= 11 is 0. The number of ether oxygens (including phenoxy) is 2. The van der Waals surface area contributed by atoms with Gasteiger partial charge in [0, 0.05) is 30.0 Å². The fourth-order valence-electron chi connectivity index (χ4n) is 3.52. The first-order chi connectivity index (χ1) is 11.6. The van der Waals surface area contributed by atoms with Gasteiger partial charge in [-0.2, -0.15) is 5.10 Å². The van der Waals surface area contributed by atoms with Gasteiger partial charge in [-0.05, 0) is 25.7 Å². The molecule has 24 heavy (non-hydrogen) atoms. The van der Waals surface area contributed by atoms with Crippen LogP contribution in [0.5, 0.6) is 11.5 Å². The second-order valence-corrected chi connectivity index (χ2v) is 6.53. The summed E-state index contributed by atoms with van der Waals surface area (Å²) in [7, 11) is 3.26. The Morgan fingerprint density at radius 2 is 1.71 bits per heavy atom. The quantitative estimate of drug-likeness (QED) is 0.905. The van der Waals surface area contributed by atoms with Gasteiger partial charge in [0.1, 0.15) is 11.5 Å². The molecule has 0 amide bonds. The van der Waals surface area contributed by atoms with Crippen LogP contribution in [-0.2, 0) is 0 Å². The van der Waals surface area contributed by atoms with Gasteiger partial charge in [0.15, 0.2) is 0 Å². The van der Waals surface area contributed by atoms with E-state index in [-0.39, 0.29) is 0 Å². The first kappa shape index (κ1) is 16.8. The number of aryl methyl sites for hydroxylation is 1. The molecule has 130 valence electrons. The number of aliphatic hydroxyl groups excluding tert-OH is 1. The summed E-state index contributed by atoms with van der Waals surface area (Å²) < 4.78 is 12.4. The number of nitrogens with zero attached hydrogens (tertiary/aromatic N) is 2. The molecule has 1 N–H and O–H groups in total. The molecule has 0 saturated heterocycles. The number of aliphatic hydroxyl groups is 1.